The molecule has 15 heteroatoms. The number of carboxylic acid groups (broad SMARTS) is 1. The molecule has 0 saturated heterocycles. The van der Waals surface area contributed by atoms with E-state index in [4.69, 9.17) is 10.2 Å². The molecule has 2 aliphatic carbocycles. The highest BCUT2D eigenvalue weighted by atomic mass is 32.2. The predicted octanol–water partition coefficient (Wildman–Crippen LogP) is 6.91. The number of sulfonamides is 1. The van der Waals surface area contributed by atoms with Crippen LogP contribution in [0, 0.1) is 23.5 Å². The molecular weight excluding hydrogens is 651 g/mol. The van der Waals surface area contributed by atoms with Crippen LogP contribution in [0.25, 0.3) is 22.0 Å². The van der Waals surface area contributed by atoms with Gasteiger partial charge in [0.1, 0.15) is 16.5 Å². The molecule has 46 heavy (non-hydrogen) atoms. The second-order valence-corrected chi connectivity index (χ2v) is 13.9. The van der Waals surface area contributed by atoms with E-state index >= 15 is 4.39 Å². The minimum absolute atomic E-state index is 0.0333. The highest BCUT2D eigenvalue weighted by molar-refractivity contribution is 7.89. The number of aromatic nitrogens is 3. The first-order valence-corrected chi connectivity index (χ1v) is 16.8. The summed E-state index contributed by atoms with van der Waals surface area (Å²) < 4.78 is 95.0. The number of carboxylic acids is 1. The Labute approximate surface area is 264 Å². The first-order valence-electron chi connectivity index (χ1n) is 14.4. The van der Waals surface area contributed by atoms with Crippen molar-refractivity contribution in [1.82, 2.24) is 14.8 Å². The maximum atomic E-state index is 15.2. The van der Waals surface area contributed by atoms with Crippen LogP contribution in [0.2, 0.25) is 0 Å². The molecule has 6 rings (SSSR count). The smallest absolute Gasteiger partial charge is 0.392 e. The van der Waals surface area contributed by atoms with Gasteiger partial charge in [0.05, 0.1) is 17.3 Å². The van der Waals surface area contributed by atoms with Crippen molar-refractivity contribution < 1.29 is 40.3 Å². The summed E-state index contributed by atoms with van der Waals surface area (Å²) in [5.41, 5.74) is 2.90. The minimum atomic E-state index is -4.34. The SMILES string of the molecule is NS(=O)(=O)c1ccc(Cc2c(-c3ccc(F)c(C4=CCC(C(F)(F)F)CC4)c3)nn(-c3nc(C(=O)O)cs3)c2CC2CC2)cc1F. The third-order valence-corrected chi connectivity index (χ3v) is 10.1. The van der Waals surface area contributed by atoms with E-state index in [1.807, 2.05) is 0 Å². The summed E-state index contributed by atoms with van der Waals surface area (Å²) in [6.07, 6.45) is -0.826. The van der Waals surface area contributed by atoms with Gasteiger partial charge < -0.3 is 5.11 Å². The number of rotatable bonds is 9. The topological polar surface area (TPSA) is 128 Å². The van der Waals surface area contributed by atoms with Crippen molar-refractivity contribution in [2.24, 2.45) is 17.0 Å². The molecule has 8 nitrogen and oxygen atoms in total. The Kier molecular flexibility index (Phi) is 8.36. The number of nitrogens with two attached hydrogens (primary N) is 1. The van der Waals surface area contributed by atoms with E-state index in [2.05, 4.69) is 4.98 Å². The summed E-state index contributed by atoms with van der Waals surface area (Å²) in [6, 6.07) is 7.81. The van der Waals surface area contributed by atoms with Gasteiger partial charge in [-0.25, -0.2) is 36.8 Å². The van der Waals surface area contributed by atoms with E-state index in [-0.39, 0.29) is 42.1 Å². The van der Waals surface area contributed by atoms with Gasteiger partial charge in [0.15, 0.2) is 5.69 Å². The van der Waals surface area contributed by atoms with E-state index in [1.165, 1.54) is 40.4 Å². The summed E-state index contributed by atoms with van der Waals surface area (Å²) in [5.74, 6) is -4.05. The lowest BCUT2D eigenvalue weighted by molar-refractivity contribution is -0.175. The quantitative estimate of drug-likeness (QED) is 0.185. The Hall–Kier alpha value is -3.95. The Bertz CT molecular complexity index is 1980. The second kappa shape index (κ2) is 12.0. The molecule has 2 heterocycles. The van der Waals surface area contributed by atoms with Crippen LogP contribution >= 0.6 is 11.3 Å². The van der Waals surface area contributed by atoms with Gasteiger partial charge in [0.25, 0.3) is 0 Å². The molecule has 4 aromatic rings. The number of aromatic carboxylic acids is 1. The van der Waals surface area contributed by atoms with E-state index < -0.39 is 44.6 Å². The second-order valence-electron chi connectivity index (χ2n) is 11.6. The molecule has 2 aromatic heterocycles. The number of thiazole rings is 1. The molecule has 0 aliphatic heterocycles. The number of halogens is 5. The van der Waals surface area contributed by atoms with Gasteiger partial charge in [-0.3, -0.25) is 0 Å². The Morgan fingerprint density at radius 2 is 1.85 bits per heavy atom. The molecule has 1 unspecified atom stereocenters. The molecule has 242 valence electrons. The molecule has 1 fully saturated rings. The first-order chi connectivity index (χ1) is 21.7. The standard InChI is InChI=1S/C31H27F5N4O4S2/c32-23-9-6-19(14-21(23)18-4-7-20(8-5-18)31(34,35)36)28-22(11-17-3-10-27(24(33)12-17)46(37,43)44)26(13-16-1-2-16)40(39-28)30-38-25(15-45-30)29(41)42/h3-4,6,9-10,12,14-16,20H,1-2,5,7-8,11,13H2,(H,41,42)(H2,37,43,44). The summed E-state index contributed by atoms with van der Waals surface area (Å²) in [6.45, 7) is 0. The van der Waals surface area contributed by atoms with Gasteiger partial charge in [-0.2, -0.15) is 18.3 Å². The highest BCUT2D eigenvalue weighted by Crippen LogP contribution is 2.42. The zero-order valence-electron chi connectivity index (χ0n) is 24.0. The Morgan fingerprint density at radius 3 is 2.43 bits per heavy atom. The molecule has 3 N–H and O–H groups in total. The molecule has 0 bridgehead atoms. The van der Waals surface area contributed by atoms with Crippen LogP contribution in [0.4, 0.5) is 22.0 Å². The average molecular weight is 679 g/mol. The predicted molar refractivity (Wildman–Crippen MR) is 160 cm³/mol. The average Bonchev–Trinajstić information content (AvgIpc) is 3.54. The summed E-state index contributed by atoms with van der Waals surface area (Å²) in [4.78, 5) is 15.2. The van der Waals surface area contributed by atoms with E-state index in [1.54, 1.807) is 0 Å². The largest absolute Gasteiger partial charge is 0.476 e. The van der Waals surface area contributed by atoms with E-state index in [0.29, 0.717) is 46.0 Å². The number of carbonyl (C=O) groups is 1. The van der Waals surface area contributed by atoms with Crippen LogP contribution in [0.5, 0.6) is 0 Å². The Morgan fingerprint density at radius 1 is 1.09 bits per heavy atom. The third-order valence-electron chi connectivity index (χ3n) is 8.30. The van der Waals surface area contributed by atoms with Crippen molar-refractivity contribution in [3.8, 4) is 16.4 Å². The van der Waals surface area contributed by atoms with Crippen molar-refractivity contribution in [2.75, 3.05) is 0 Å². The van der Waals surface area contributed by atoms with E-state index in [9.17, 15) is 35.9 Å². The van der Waals surface area contributed by atoms with Crippen molar-refractivity contribution in [3.63, 3.8) is 0 Å². The normalized spacial score (nSPS) is 17.3. The molecule has 2 aliphatic rings. The Balaban J connectivity index is 1.49. The third kappa shape index (κ3) is 6.62. The van der Waals surface area contributed by atoms with Crippen LogP contribution in [0.1, 0.15) is 65.0 Å². The van der Waals surface area contributed by atoms with Gasteiger partial charge in [-0.1, -0.05) is 12.1 Å². The van der Waals surface area contributed by atoms with Gasteiger partial charge in [0, 0.05) is 28.5 Å². The van der Waals surface area contributed by atoms with Gasteiger partial charge in [0.2, 0.25) is 15.2 Å². The highest BCUT2D eigenvalue weighted by Gasteiger charge is 2.40. The molecule has 0 spiro atoms. The van der Waals surface area contributed by atoms with Crippen LogP contribution in [-0.4, -0.2) is 40.4 Å². The fraction of sp³-hybridized carbons (Fsp3) is 0.323. The minimum Gasteiger partial charge on any atom is -0.476 e. The number of nitrogens with zero attached hydrogens (tertiary/aromatic N) is 3. The lowest BCUT2D eigenvalue weighted by atomic mass is 9.85. The van der Waals surface area contributed by atoms with Crippen LogP contribution < -0.4 is 5.14 Å². The summed E-state index contributed by atoms with van der Waals surface area (Å²) in [5, 5.41) is 21.1. The van der Waals surface area contributed by atoms with Gasteiger partial charge in [-0.05, 0) is 85.9 Å². The van der Waals surface area contributed by atoms with Crippen molar-refractivity contribution >= 4 is 32.9 Å². The first kappa shape index (κ1) is 32.0. The number of benzene rings is 2. The van der Waals surface area contributed by atoms with Crippen molar-refractivity contribution in [1.29, 1.82) is 0 Å². The molecule has 0 radical (unpaired) electrons. The zero-order chi connectivity index (χ0) is 33.0. The number of alkyl halides is 3. The summed E-state index contributed by atoms with van der Waals surface area (Å²) in [7, 11) is -4.31. The van der Waals surface area contributed by atoms with Crippen LogP contribution in [-0.2, 0) is 22.9 Å². The lowest BCUT2D eigenvalue weighted by Gasteiger charge is -2.24. The number of hydrogen-bond donors (Lipinski definition) is 2. The lowest BCUT2D eigenvalue weighted by Crippen LogP contribution is -2.24. The molecular formula is C31H27F5N4O4S2. The molecule has 1 atom stereocenters. The van der Waals surface area contributed by atoms with Gasteiger partial charge in [-0.15, -0.1) is 11.3 Å². The maximum Gasteiger partial charge on any atom is 0.392 e. The van der Waals surface area contributed by atoms with Crippen LogP contribution in [0.3, 0.4) is 0 Å². The van der Waals surface area contributed by atoms with E-state index in [0.717, 1.165) is 36.3 Å². The number of allylic oxidation sites excluding steroid dienone is 2. The van der Waals surface area contributed by atoms with Crippen molar-refractivity contribution in [2.45, 2.75) is 56.0 Å². The maximum absolute atomic E-state index is 15.2. The van der Waals surface area contributed by atoms with Crippen molar-refractivity contribution in [3.05, 3.63) is 87.6 Å². The van der Waals surface area contributed by atoms with Gasteiger partial charge >= 0.3 is 12.1 Å². The number of hydrogen-bond acceptors (Lipinski definition) is 6. The zero-order valence-corrected chi connectivity index (χ0v) is 25.7. The molecule has 0 amide bonds. The fourth-order valence-electron chi connectivity index (χ4n) is 5.71. The molecule has 2 aromatic carbocycles. The van der Waals surface area contributed by atoms with Crippen LogP contribution in [0.15, 0.2) is 52.7 Å². The summed E-state index contributed by atoms with van der Waals surface area (Å²) >= 11 is 1.06. The number of primary sulfonamides is 1. The fourth-order valence-corrected chi connectivity index (χ4v) is 7.07. The monoisotopic (exact) mass is 678 g/mol. The molecule has 1 saturated carbocycles.